The molecule has 0 amide bonds. The number of phosphoric ester groups is 1. The first-order valence-electron chi connectivity index (χ1n) is 7.58. The molecular weight excluding hydrogens is 514 g/mol. The third kappa shape index (κ3) is 8.28. The number of methoxy groups -OCH3 is 1. The highest BCUT2D eigenvalue weighted by Crippen LogP contribution is 2.66. The highest BCUT2D eigenvalue weighted by atomic mass is 35.5. The zero-order valence-electron chi connectivity index (χ0n) is 15.4. The summed E-state index contributed by atoms with van der Waals surface area (Å²) in [6, 6.07) is 1.11. The topological polar surface area (TPSA) is 270 Å². The highest BCUT2D eigenvalue weighted by Gasteiger charge is 2.47. The first-order chi connectivity index (χ1) is 14.0. The molecule has 1 aromatic heterocycles. The van der Waals surface area contributed by atoms with E-state index in [1.54, 1.807) is 0 Å². The van der Waals surface area contributed by atoms with E-state index in [1.807, 2.05) is 0 Å². The zero-order valence-corrected chi connectivity index (χ0v) is 18.8. The molecule has 0 saturated heterocycles. The molecule has 0 bridgehead atoms. The number of phosphoric acid groups is 3. The summed E-state index contributed by atoms with van der Waals surface area (Å²) in [5.41, 5.74) is 2.00. The largest absolute Gasteiger partial charge is 0.490 e. The van der Waals surface area contributed by atoms with Crippen LogP contribution in [0.2, 0.25) is 0 Å². The molecule has 0 aliphatic carbocycles. The van der Waals surface area contributed by atoms with Gasteiger partial charge in [-0.25, -0.2) is 18.5 Å². The van der Waals surface area contributed by atoms with E-state index in [-0.39, 0.29) is 5.82 Å². The summed E-state index contributed by atoms with van der Waals surface area (Å²) in [6.07, 6.45) is -3.26. The predicted molar refractivity (Wildman–Crippen MR) is 100 cm³/mol. The van der Waals surface area contributed by atoms with Crippen LogP contribution >= 0.6 is 35.1 Å². The third-order valence-electron chi connectivity index (χ3n) is 3.48. The summed E-state index contributed by atoms with van der Waals surface area (Å²) in [5, 5.41) is 20.7. The van der Waals surface area contributed by atoms with Crippen LogP contribution in [0.3, 0.4) is 0 Å². The predicted octanol–water partition coefficient (Wildman–Crippen LogP) is -1.36. The molecule has 0 saturated carbocycles. The van der Waals surface area contributed by atoms with Gasteiger partial charge in [-0.05, 0) is 6.07 Å². The van der Waals surface area contributed by atoms with Crippen molar-refractivity contribution in [3.63, 3.8) is 0 Å². The Labute approximate surface area is 178 Å². The Kier molecular flexibility index (Phi) is 9.55. The lowest BCUT2D eigenvalue weighted by Gasteiger charge is -2.37. The summed E-state index contributed by atoms with van der Waals surface area (Å²) >= 11 is 5.72. The minimum atomic E-state index is -5.79. The molecule has 0 aliphatic heterocycles. The third-order valence-corrected chi connectivity index (χ3v) is 7.71. The second-order valence-corrected chi connectivity index (χ2v) is 10.4. The molecule has 0 aromatic carbocycles. The van der Waals surface area contributed by atoms with Crippen molar-refractivity contribution in [3.8, 4) is 0 Å². The van der Waals surface area contributed by atoms with E-state index >= 15 is 0 Å². The van der Waals surface area contributed by atoms with Crippen LogP contribution in [0.25, 0.3) is 0 Å². The van der Waals surface area contributed by atoms with Crippen LogP contribution in [0.1, 0.15) is 6.23 Å². The Hall–Kier alpha value is -0.740. The molecule has 17 nitrogen and oxygen atoms in total. The molecule has 0 radical (unpaired) electrons. The number of ether oxygens (including phenoxy) is 1. The summed E-state index contributed by atoms with van der Waals surface area (Å²) < 4.78 is 50.8. The monoisotopic (exact) mass is 533 g/mol. The normalized spacial score (nSPS) is 20.3. The quantitative estimate of drug-likeness (QED) is 0.121. The van der Waals surface area contributed by atoms with Gasteiger partial charge in [-0.3, -0.25) is 9.09 Å². The maximum Gasteiger partial charge on any atom is 0.490 e. The summed E-state index contributed by atoms with van der Waals surface area (Å²) in [4.78, 5) is 50.8. The van der Waals surface area contributed by atoms with Crippen LogP contribution < -0.4 is 11.4 Å². The Morgan fingerprint density at radius 1 is 1.19 bits per heavy atom. The molecule has 1 rings (SSSR count). The lowest BCUT2D eigenvalue weighted by molar-refractivity contribution is -0.168. The van der Waals surface area contributed by atoms with Crippen LogP contribution in [-0.2, 0) is 31.6 Å². The van der Waals surface area contributed by atoms with Crippen LogP contribution in [0.4, 0.5) is 5.82 Å². The minimum Gasteiger partial charge on any atom is -0.385 e. The molecule has 2 unspecified atom stereocenters. The van der Waals surface area contributed by atoms with Crippen molar-refractivity contribution < 1.29 is 61.4 Å². The fourth-order valence-electron chi connectivity index (χ4n) is 1.98. The molecule has 31 heavy (non-hydrogen) atoms. The second kappa shape index (κ2) is 10.5. The standard InChI is InChI=1S/C10H19ClN3O14P3/c1-25-10(4-11,7(15)8(16)14-3-2-6(12)13-9(14)17)5-26-30(21,22)28-31(23,24)27-29(18,19)20/h2-3,7-8,15-16H,4-5H2,1H3,(H,21,22)(H,23,24)(H2,12,13,17)(H2,18,19,20)/t7-,8+,10+/m0/s1. The number of anilines is 1. The van der Waals surface area contributed by atoms with Gasteiger partial charge in [0.05, 0.1) is 12.5 Å². The Balaban J connectivity index is 3.06. The maximum absolute atomic E-state index is 11.9. The Morgan fingerprint density at radius 3 is 2.23 bits per heavy atom. The van der Waals surface area contributed by atoms with E-state index in [1.165, 1.54) is 0 Å². The van der Waals surface area contributed by atoms with Gasteiger partial charge in [-0.15, -0.1) is 11.6 Å². The Bertz CT molecular complexity index is 963. The van der Waals surface area contributed by atoms with Gasteiger partial charge in [-0.2, -0.15) is 13.6 Å². The number of nitrogens with zero attached hydrogens (tertiary/aromatic N) is 2. The van der Waals surface area contributed by atoms with Crippen molar-refractivity contribution in [2.45, 2.75) is 17.9 Å². The van der Waals surface area contributed by atoms with Crippen molar-refractivity contribution in [2.24, 2.45) is 0 Å². The van der Waals surface area contributed by atoms with E-state index in [0.717, 1.165) is 19.4 Å². The average Bonchev–Trinajstić information content (AvgIpc) is 2.59. The fourth-order valence-corrected chi connectivity index (χ4v) is 5.40. The van der Waals surface area contributed by atoms with Crippen molar-refractivity contribution >= 4 is 40.9 Å². The van der Waals surface area contributed by atoms with E-state index < -0.39 is 59.6 Å². The Morgan fingerprint density at radius 2 is 1.77 bits per heavy atom. The molecule has 1 heterocycles. The molecule has 0 spiro atoms. The number of nitrogen functional groups attached to an aromatic ring is 1. The number of nitrogens with two attached hydrogens (primary N) is 1. The van der Waals surface area contributed by atoms with Crippen molar-refractivity contribution in [1.29, 1.82) is 0 Å². The number of aliphatic hydroxyl groups excluding tert-OH is 2. The lowest BCUT2D eigenvalue weighted by atomic mass is 9.98. The number of aromatic nitrogens is 2. The maximum atomic E-state index is 11.9. The van der Waals surface area contributed by atoms with Gasteiger partial charge in [0.25, 0.3) is 0 Å². The van der Waals surface area contributed by atoms with E-state index in [4.69, 9.17) is 36.8 Å². The van der Waals surface area contributed by atoms with Crippen LogP contribution in [-0.4, -0.2) is 70.6 Å². The first kappa shape index (κ1) is 28.3. The molecule has 0 fully saturated rings. The highest BCUT2D eigenvalue weighted by molar-refractivity contribution is 7.66. The molecule has 0 aliphatic rings. The first-order valence-corrected chi connectivity index (χ1v) is 12.6. The van der Waals surface area contributed by atoms with Gasteiger partial charge in [0.15, 0.2) is 6.23 Å². The van der Waals surface area contributed by atoms with Gasteiger partial charge >= 0.3 is 29.2 Å². The SMILES string of the molecule is CO[C@](CCl)(COP(=O)(O)OP(=O)(O)OP(=O)(O)O)[C@@H](O)[C@@H](O)n1ccc(N)nc1=O. The number of alkyl halides is 1. The lowest BCUT2D eigenvalue weighted by Crippen LogP contribution is -2.54. The van der Waals surface area contributed by atoms with Crippen LogP contribution in [0.15, 0.2) is 17.1 Å². The summed E-state index contributed by atoms with van der Waals surface area (Å²) in [6.45, 7) is -1.20. The fraction of sp³-hybridized carbons (Fsp3) is 0.600. The van der Waals surface area contributed by atoms with Gasteiger partial charge in [-0.1, -0.05) is 0 Å². The number of rotatable bonds is 12. The smallest absolute Gasteiger partial charge is 0.385 e. The molecular formula is C10H19ClN3O14P3. The van der Waals surface area contributed by atoms with Crippen molar-refractivity contribution in [3.05, 3.63) is 22.7 Å². The number of halogens is 1. The van der Waals surface area contributed by atoms with Gasteiger partial charge < -0.3 is 40.3 Å². The van der Waals surface area contributed by atoms with E-state index in [0.29, 0.717) is 4.57 Å². The molecule has 5 atom stereocenters. The van der Waals surface area contributed by atoms with E-state index in [2.05, 4.69) is 18.1 Å². The second-order valence-electron chi connectivity index (χ2n) is 5.67. The minimum absolute atomic E-state index is 0.189. The molecule has 1 aromatic rings. The molecule has 8 N–H and O–H groups in total. The van der Waals surface area contributed by atoms with Gasteiger partial charge in [0.2, 0.25) is 0 Å². The van der Waals surface area contributed by atoms with Crippen LogP contribution in [0.5, 0.6) is 0 Å². The molecule has 21 heteroatoms. The average molecular weight is 534 g/mol. The number of aliphatic hydroxyl groups is 2. The molecule has 180 valence electrons. The van der Waals surface area contributed by atoms with Crippen molar-refractivity contribution in [2.75, 3.05) is 25.3 Å². The summed E-state index contributed by atoms with van der Waals surface area (Å²) in [5.74, 6) is -0.930. The van der Waals surface area contributed by atoms with Gasteiger partial charge in [0, 0.05) is 13.3 Å². The van der Waals surface area contributed by atoms with Gasteiger partial charge in [0.1, 0.15) is 17.5 Å². The van der Waals surface area contributed by atoms with Crippen molar-refractivity contribution in [1.82, 2.24) is 9.55 Å². The van der Waals surface area contributed by atoms with E-state index in [9.17, 15) is 33.6 Å². The van der Waals surface area contributed by atoms with Crippen LogP contribution in [0, 0.1) is 0 Å². The zero-order chi connectivity index (χ0) is 24.3. The summed E-state index contributed by atoms with van der Waals surface area (Å²) in [7, 11) is -16.0. The number of hydrogen-bond donors (Lipinski definition) is 7. The number of hydrogen-bond acceptors (Lipinski definition) is 12.